The van der Waals surface area contributed by atoms with E-state index in [-0.39, 0.29) is 46.9 Å². The van der Waals surface area contributed by atoms with Crippen molar-refractivity contribution in [3.05, 3.63) is 42.0 Å². The van der Waals surface area contributed by atoms with Crippen molar-refractivity contribution in [2.45, 2.75) is 42.8 Å². The molecule has 4 rings (SSSR count). The summed E-state index contributed by atoms with van der Waals surface area (Å²) in [4.78, 5) is 28.6. The minimum Gasteiger partial charge on any atom is -0.475 e. The zero-order valence-electron chi connectivity index (χ0n) is 22.2. The fourth-order valence-electron chi connectivity index (χ4n) is 4.13. The number of thiazole rings is 1. The zero-order chi connectivity index (χ0) is 28.5. The van der Waals surface area contributed by atoms with Crippen LogP contribution in [-0.4, -0.2) is 87.1 Å². The number of rotatable bonds is 14. The van der Waals surface area contributed by atoms with Gasteiger partial charge in [0.15, 0.2) is 20.7 Å². The van der Waals surface area contributed by atoms with Gasteiger partial charge in [0, 0.05) is 38.9 Å². The number of nitrogens with zero attached hydrogens (tertiary/aromatic N) is 3. The summed E-state index contributed by atoms with van der Waals surface area (Å²) in [6.45, 7) is 0.316. The monoisotopic (exact) mass is 592 g/mol. The van der Waals surface area contributed by atoms with E-state index in [9.17, 15) is 13.2 Å². The van der Waals surface area contributed by atoms with Gasteiger partial charge in [-0.2, -0.15) is 0 Å². The lowest BCUT2D eigenvalue weighted by Crippen LogP contribution is -2.25. The van der Waals surface area contributed by atoms with Crippen LogP contribution in [0.1, 0.15) is 31.2 Å². The summed E-state index contributed by atoms with van der Waals surface area (Å²) < 4.78 is 41.0. The molecule has 2 aromatic heterocycles. The fraction of sp³-hybridized carbons (Fsp3) is 0.462. The van der Waals surface area contributed by atoms with Crippen molar-refractivity contribution in [2.24, 2.45) is 5.16 Å². The summed E-state index contributed by atoms with van der Waals surface area (Å²) in [6, 6.07) is 9.30. The van der Waals surface area contributed by atoms with Crippen molar-refractivity contribution in [3.63, 3.8) is 0 Å². The molecule has 216 valence electrons. The molecule has 2 atom stereocenters. The Hall–Kier alpha value is -3.17. The van der Waals surface area contributed by atoms with Gasteiger partial charge in [0.05, 0.1) is 23.4 Å². The average molecular weight is 593 g/mol. The number of aromatic nitrogens is 2. The van der Waals surface area contributed by atoms with Gasteiger partial charge in [-0.1, -0.05) is 28.6 Å². The summed E-state index contributed by atoms with van der Waals surface area (Å²) in [6.07, 6.45) is 2.45. The zero-order valence-corrected chi connectivity index (χ0v) is 23.9. The second kappa shape index (κ2) is 13.9. The van der Waals surface area contributed by atoms with E-state index in [4.69, 9.17) is 24.2 Å². The van der Waals surface area contributed by atoms with Gasteiger partial charge in [-0.25, -0.2) is 18.4 Å². The van der Waals surface area contributed by atoms with E-state index < -0.39 is 15.7 Å². The Labute approximate surface area is 236 Å². The molecule has 1 fully saturated rings. The quantitative estimate of drug-likeness (QED) is 0.162. The third-order valence-corrected chi connectivity index (χ3v) is 8.91. The number of hydrogen-bond acceptors (Lipinski definition) is 12. The number of aliphatic hydroxyl groups excluding tert-OH is 1. The highest BCUT2D eigenvalue weighted by molar-refractivity contribution is 7.91. The number of methoxy groups -OCH3 is 2. The molecule has 0 radical (unpaired) electrons. The van der Waals surface area contributed by atoms with E-state index in [2.05, 4.69) is 20.4 Å². The molecule has 40 heavy (non-hydrogen) atoms. The minimum atomic E-state index is -3.51. The minimum absolute atomic E-state index is 0.0246. The molecule has 0 bridgehead atoms. The van der Waals surface area contributed by atoms with Crippen LogP contribution in [0.2, 0.25) is 0 Å². The first kappa shape index (κ1) is 29.8. The normalized spacial score (nSPS) is 17.7. The number of carbonyl (C=O) groups excluding carboxylic acids is 1. The average Bonchev–Trinajstić information content (AvgIpc) is 3.58. The van der Waals surface area contributed by atoms with Crippen LogP contribution in [0.5, 0.6) is 5.88 Å². The highest BCUT2D eigenvalue weighted by atomic mass is 32.2. The van der Waals surface area contributed by atoms with Gasteiger partial charge >= 0.3 is 0 Å². The number of fused-ring (bicyclic) bond motifs is 1. The number of amides is 1. The fourth-order valence-corrected chi connectivity index (χ4v) is 6.24. The SMILES string of the molecule is COCCCS(=O)(=O)c1ccc(/C(=N\O[C@@H]2CC[C@@H](OC)C2)C(=O)Nc2nc3ccc(OCCO)nc3s2)cc1. The van der Waals surface area contributed by atoms with E-state index in [1.54, 1.807) is 19.2 Å². The maximum atomic E-state index is 13.4. The van der Waals surface area contributed by atoms with Crippen LogP contribution < -0.4 is 10.1 Å². The number of nitrogens with one attached hydrogen (secondary N) is 1. The molecule has 3 aromatic rings. The Balaban J connectivity index is 1.55. The second-order valence-electron chi connectivity index (χ2n) is 9.05. The summed E-state index contributed by atoms with van der Waals surface area (Å²) in [5, 5.41) is 16.2. The van der Waals surface area contributed by atoms with Crippen LogP contribution in [0.15, 0.2) is 46.4 Å². The molecule has 1 aliphatic rings. The van der Waals surface area contributed by atoms with Crippen LogP contribution in [-0.2, 0) is 28.9 Å². The van der Waals surface area contributed by atoms with Gasteiger partial charge in [-0.05, 0) is 37.5 Å². The molecule has 0 saturated heterocycles. The van der Waals surface area contributed by atoms with Gasteiger partial charge in [-0.3, -0.25) is 10.1 Å². The van der Waals surface area contributed by atoms with Crippen molar-refractivity contribution in [2.75, 3.05) is 45.1 Å². The van der Waals surface area contributed by atoms with E-state index >= 15 is 0 Å². The molecule has 1 aromatic carbocycles. The Bertz CT molecular complexity index is 1430. The second-order valence-corrected chi connectivity index (χ2v) is 12.1. The first-order chi connectivity index (χ1) is 19.3. The van der Waals surface area contributed by atoms with E-state index in [1.807, 2.05) is 0 Å². The number of sulfone groups is 1. The van der Waals surface area contributed by atoms with Gasteiger partial charge < -0.3 is 24.2 Å². The topological polar surface area (TPSA) is 159 Å². The van der Waals surface area contributed by atoms with Crippen molar-refractivity contribution in [1.82, 2.24) is 9.97 Å². The Kier molecular flexibility index (Phi) is 10.4. The number of pyridine rings is 1. The lowest BCUT2D eigenvalue weighted by atomic mass is 10.1. The number of hydrogen-bond donors (Lipinski definition) is 2. The smallest absolute Gasteiger partial charge is 0.280 e. The molecular weight excluding hydrogens is 560 g/mol. The van der Waals surface area contributed by atoms with E-state index in [0.717, 1.165) is 24.2 Å². The van der Waals surface area contributed by atoms with Crippen molar-refractivity contribution < 1.29 is 37.4 Å². The standard InChI is InChI=1S/C26H32N4O8S2/c1-35-13-3-15-40(33,34)20-8-4-17(5-9-20)23(30-38-19-7-6-18(16-19)36-2)24(32)29-26-27-21-10-11-22(37-14-12-31)28-25(21)39-26/h4-5,8-11,18-19,31H,3,6-7,12-16H2,1-2H3,(H,27,29,32)/b30-23+/t18-,19-/m1/s1. The maximum Gasteiger partial charge on any atom is 0.280 e. The van der Waals surface area contributed by atoms with Crippen molar-refractivity contribution in [1.29, 1.82) is 0 Å². The maximum absolute atomic E-state index is 13.4. The largest absolute Gasteiger partial charge is 0.475 e. The van der Waals surface area contributed by atoms with Crippen LogP contribution in [0.3, 0.4) is 0 Å². The number of benzene rings is 1. The molecule has 0 spiro atoms. The molecule has 2 N–H and O–H groups in total. The molecule has 14 heteroatoms. The molecular formula is C26H32N4O8S2. The van der Waals surface area contributed by atoms with E-state index in [1.165, 1.54) is 31.4 Å². The molecule has 1 aliphatic carbocycles. The molecule has 12 nitrogen and oxygen atoms in total. The molecule has 1 amide bonds. The first-order valence-electron chi connectivity index (χ1n) is 12.7. The Morgan fingerprint density at radius 1 is 1.10 bits per heavy atom. The number of aliphatic hydroxyl groups is 1. The highest BCUT2D eigenvalue weighted by Crippen LogP contribution is 2.27. The third-order valence-electron chi connectivity index (χ3n) is 6.22. The third kappa shape index (κ3) is 7.73. The first-order valence-corrected chi connectivity index (χ1v) is 15.2. The van der Waals surface area contributed by atoms with Gasteiger partial charge in [0.25, 0.3) is 5.91 Å². The lowest BCUT2D eigenvalue weighted by molar-refractivity contribution is -0.110. The number of oxime groups is 1. The van der Waals surface area contributed by atoms with Gasteiger partial charge in [0.1, 0.15) is 23.1 Å². The van der Waals surface area contributed by atoms with Crippen LogP contribution >= 0.6 is 11.3 Å². The van der Waals surface area contributed by atoms with E-state index in [0.29, 0.717) is 41.2 Å². The molecule has 0 unspecified atom stereocenters. The summed E-state index contributed by atoms with van der Waals surface area (Å²) >= 11 is 1.15. The Morgan fingerprint density at radius 2 is 1.88 bits per heavy atom. The molecule has 0 aliphatic heterocycles. The van der Waals surface area contributed by atoms with Gasteiger partial charge in [0.2, 0.25) is 5.88 Å². The molecule has 1 saturated carbocycles. The van der Waals surface area contributed by atoms with Crippen LogP contribution in [0, 0.1) is 0 Å². The number of ether oxygens (including phenoxy) is 3. The number of carbonyl (C=O) groups is 1. The molecule has 2 heterocycles. The summed E-state index contributed by atoms with van der Waals surface area (Å²) in [5.41, 5.74) is 0.919. The van der Waals surface area contributed by atoms with Crippen LogP contribution in [0.25, 0.3) is 10.3 Å². The van der Waals surface area contributed by atoms with Gasteiger partial charge in [-0.15, -0.1) is 0 Å². The van der Waals surface area contributed by atoms with Crippen LogP contribution in [0.4, 0.5) is 5.13 Å². The van der Waals surface area contributed by atoms with Crippen molar-refractivity contribution in [3.8, 4) is 5.88 Å². The number of anilines is 1. The Morgan fingerprint density at radius 3 is 2.58 bits per heavy atom. The highest BCUT2D eigenvalue weighted by Gasteiger charge is 2.27. The predicted octanol–water partition coefficient (Wildman–Crippen LogP) is 2.80. The summed E-state index contributed by atoms with van der Waals surface area (Å²) in [7, 11) is -0.340. The summed E-state index contributed by atoms with van der Waals surface area (Å²) in [5.74, 6) is -0.291. The lowest BCUT2D eigenvalue weighted by Gasteiger charge is -2.12. The van der Waals surface area contributed by atoms with Crippen molar-refractivity contribution >= 4 is 48.3 Å². The predicted molar refractivity (Wildman–Crippen MR) is 150 cm³/mol.